The van der Waals surface area contributed by atoms with E-state index < -0.39 is 11.6 Å². The molecule has 1 N–H and O–H groups in total. The molecule has 1 fully saturated rings. The first-order valence-electron chi connectivity index (χ1n) is 8.46. The Hall–Kier alpha value is -2.60. The largest absolute Gasteiger partial charge is 0.490 e. The van der Waals surface area contributed by atoms with Gasteiger partial charge in [-0.3, -0.25) is 4.98 Å². The third-order valence-electron chi connectivity index (χ3n) is 4.68. The molecule has 0 bridgehead atoms. The Bertz CT molecular complexity index is 921. The number of halogens is 3. The molecule has 0 aliphatic heterocycles. The van der Waals surface area contributed by atoms with Gasteiger partial charge in [-0.15, -0.1) is 0 Å². The van der Waals surface area contributed by atoms with Crippen molar-refractivity contribution in [2.75, 3.05) is 0 Å². The van der Waals surface area contributed by atoms with Crippen LogP contribution in [0.2, 0.25) is 0 Å². The molecule has 1 heterocycles. The molecule has 0 spiro atoms. The van der Waals surface area contributed by atoms with Crippen LogP contribution >= 0.6 is 0 Å². The highest BCUT2D eigenvalue weighted by molar-refractivity contribution is 5.84. The summed E-state index contributed by atoms with van der Waals surface area (Å²) in [7, 11) is 0. The molecule has 26 heavy (non-hydrogen) atoms. The van der Waals surface area contributed by atoms with E-state index in [1.807, 2.05) is 0 Å². The number of hydrogen-bond acceptors (Lipinski definition) is 3. The van der Waals surface area contributed by atoms with Gasteiger partial charge in [0.15, 0.2) is 0 Å². The van der Waals surface area contributed by atoms with E-state index in [0.29, 0.717) is 24.9 Å². The molecule has 0 unspecified atom stereocenters. The Morgan fingerprint density at radius 2 is 1.81 bits per heavy atom. The number of hydrogen-bond donors (Lipinski definition) is 1. The smallest absolute Gasteiger partial charge is 0.129 e. The second-order valence-electron chi connectivity index (χ2n) is 6.52. The van der Waals surface area contributed by atoms with Gasteiger partial charge in [0, 0.05) is 54.1 Å². The summed E-state index contributed by atoms with van der Waals surface area (Å²) in [6.07, 6.45) is 4.66. The number of benzene rings is 2. The van der Waals surface area contributed by atoms with Gasteiger partial charge in [-0.05, 0) is 36.4 Å². The third-order valence-corrected chi connectivity index (χ3v) is 4.68. The van der Waals surface area contributed by atoms with Crippen LogP contribution in [0.5, 0.6) is 5.75 Å². The highest BCUT2D eigenvalue weighted by atomic mass is 19.1. The summed E-state index contributed by atoms with van der Waals surface area (Å²) in [6.45, 7) is 0.402. The fraction of sp³-hybridized carbons (Fsp3) is 0.250. The first kappa shape index (κ1) is 16.8. The minimum Gasteiger partial charge on any atom is -0.490 e. The SMILES string of the molecule is Fc1cc(F)cc(O[C@H]2C[C@H](NCc3c(F)ccc4cnccc34)C2)c1. The predicted octanol–water partition coefficient (Wildman–Crippen LogP) is 4.35. The molecule has 6 heteroatoms. The zero-order chi connectivity index (χ0) is 18.1. The number of nitrogens with one attached hydrogen (secondary N) is 1. The molecule has 3 aromatic rings. The van der Waals surface area contributed by atoms with Gasteiger partial charge < -0.3 is 10.1 Å². The summed E-state index contributed by atoms with van der Waals surface area (Å²) in [5.74, 6) is -1.37. The summed E-state index contributed by atoms with van der Waals surface area (Å²) >= 11 is 0. The van der Waals surface area contributed by atoms with E-state index in [1.54, 1.807) is 24.5 Å². The van der Waals surface area contributed by atoms with Crippen molar-refractivity contribution in [3.05, 3.63) is 71.8 Å². The van der Waals surface area contributed by atoms with Crippen molar-refractivity contribution >= 4 is 10.8 Å². The Morgan fingerprint density at radius 1 is 1.04 bits per heavy atom. The van der Waals surface area contributed by atoms with E-state index in [-0.39, 0.29) is 23.7 Å². The zero-order valence-electron chi connectivity index (χ0n) is 13.9. The van der Waals surface area contributed by atoms with Crippen LogP contribution in [0.15, 0.2) is 48.8 Å². The van der Waals surface area contributed by atoms with Crippen molar-refractivity contribution < 1.29 is 17.9 Å². The van der Waals surface area contributed by atoms with Crippen molar-refractivity contribution in [3.8, 4) is 5.75 Å². The normalized spacial score (nSPS) is 19.3. The maximum absolute atomic E-state index is 14.2. The number of pyridine rings is 1. The minimum atomic E-state index is -0.657. The Kier molecular flexibility index (Phi) is 4.51. The van der Waals surface area contributed by atoms with Crippen molar-refractivity contribution in [1.82, 2.24) is 10.3 Å². The molecule has 2 aromatic carbocycles. The van der Waals surface area contributed by atoms with Crippen molar-refractivity contribution in [2.24, 2.45) is 0 Å². The minimum absolute atomic E-state index is 0.102. The van der Waals surface area contributed by atoms with Gasteiger partial charge in [0.25, 0.3) is 0 Å². The molecular weight excluding hydrogens is 341 g/mol. The van der Waals surface area contributed by atoms with Crippen LogP contribution in [-0.2, 0) is 6.54 Å². The number of ether oxygens (including phenoxy) is 1. The Labute approximate surface area is 148 Å². The average Bonchev–Trinajstić information content (AvgIpc) is 2.57. The highest BCUT2D eigenvalue weighted by Crippen LogP contribution is 2.28. The standard InChI is InChI=1S/C20H17F3N2O/c21-13-5-14(22)7-16(6-13)26-17-8-15(9-17)25-11-19-18-3-4-24-10-12(18)1-2-20(19)23/h1-7,10,15,17,25H,8-9,11H2/t15-,17-. The second kappa shape index (κ2) is 6.96. The molecule has 0 radical (unpaired) electrons. The molecule has 134 valence electrons. The number of rotatable bonds is 5. The molecule has 3 nitrogen and oxygen atoms in total. The van der Waals surface area contributed by atoms with Crippen molar-refractivity contribution in [3.63, 3.8) is 0 Å². The molecule has 0 amide bonds. The van der Waals surface area contributed by atoms with Gasteiger partial charge in [0.2, 0.25) is 0 Å². The molecule has 1 aliphatic rings. The monoisotopic (exact) mass is 358 g/mol. The van der Waals surface area contributed by atoms with Crippen molar-refractivity contribution in [2.45, 2.75) is 31.5 Å². The lowest BCUT2D eigenvalue weighted by molar-refractivity contribution is 0.0836. The van der Waals surface area contributed by atoms with Gasteiger partial charge in [0.05, 0.1) is 0 Å². The average molecular weight is 358 g/mol. The Balaban J connectivity index is 1.34. The second-order valence-corrected chi connectivity index (χ2v) is 6.52. The lowest BCUT2D eigenvalue weighted by atomic mass is 9.89. The fourth-order valence-corrected chi connectivity index (χ4v) is 3.25. The van der Waals surface area contributed by atoms with Crippen LogP contribution < -0.4 is 10.1 Å². The summed E-state index contributed by atoms with van der Waals surface area (Å²) in [6, 6.07) is 8.30. The van der Waals surface area contributed by atoms with E-state index in [0.717, 1.165) is 16.8 Å². The number of fused-ring (bicyclic) bond motifs is 1. The van der Waals surface area contributed by atoms with Crippen LogP contribution in [0.3, 0.4) is 0 Å². The maximum atomic E-state index is 14.2. The molecule has 1 aromatic heterocycles. The molecule has 1 saturated carbocycles. The van der Waals surface area contributed by atoms with E-state index in [9.17, 15) is 13.2 Å². The van der Waals surface area contributed by atoms with Crippen molar-refractivity contribution in [1.29, 1.82) is 0 Å². The summed E-state index contributed by atoms with van der Waals surface area (Å²) in [5, 5.41) is 5.06. The van der Waals surface area contributed by atoms with Gasteiger partial charge >= 0.3 is 0 Å². The predicted molar refractivity (Wildman–Crippen MR) is 92.3 cm³/mol. The van der Waals surface area contributed by atoms with E-state index in [4.69, 9.17) is 4.74 Å². The van der Waals surface area contributed by atoms with Crippen LogP contribution in [0.1, 0.15) is 18.4 Å². The van der Waals surface area contributed by atoms with Gasteiger partial charge in [0.1, 0.15) is 29.3 Å². The number of aromatic nitrogens is 1. The quantitative estimate of drug-likeness (QED) is 0.736. The summed E-state index contributed by atoms with van der Waals surface area (Å²) in [5.41, 5.74) is 0.612. The van der Waals surface area contributed by atoms with Crippen LogP contribution in [-0.4, -0.2) is 17.1 Å². The first-order chi connectivity index (χ1) is 12.6. The van der Waals surface area contributed by atoms with E-state index in [2.05, 4.69) is 10.3 Å². The Morgan fingerprint density at radius 3 is 2.58 bits per heavy atom. The van der Waals surface area contributed by atoms with Gasteiger partial charge in [-0.2, -0.15) is 0 Å². The summed E-state index contributed by atoms with van der Waals surface area (Å²) < 4.78 is 46.1. The van der Waals surface area contributed by atoms with Crippen LogP contribution in [0.25, 0.3) is 10.8 Å². The van der Waals surface area contributed by atoms with Gasteiger partial charge in [-0.25, -0.2) is 13.2 Å². The van der Waals surface area contributed by atoms with Crippen LogP contribution in [0, 0.1) is 17.5 Å². The fourth-order valence-electron chi connectivity index (χ4n) is 3.25. The molecule has 0 saturated heterocycles. The van der Waals surface area contributed by atoms with E-state index >= 15 is 0 Å². The topological polar surface area (TPSA) is 34.1 Å². The number of nitrogens with zero attached hydrogens (tertiary/aromatic N) is 1. The maximum Gasteiger partial charge on any atom is 0.129 e. The lowest BCUT2D eigenvalue weighted by Crippen LogP contribution is -2.46. The lowest BCUT2D eigenvalue weighted by Gasteiger charge is -2.36. The highest BCUT2D eigenvalue weighted by Gasteiger charge is 2.31. The van der Waals surface area contributed by atoms with Crippen LogP contribution in [0.4, 0.5) is 13.2 Å². The summed E-state index contributed by atoms with van der Waals surface area (Å²) in [4.78, 5) is 4.06. The third kappa shape index (κ3) is 3.51. The first-order valence-corrected chi connectivity index (χ1v) is 8.46. The molecule has 1 aliphatic carbocycles. The molecule has 4 rings (SSSR count). The molecule has 0 atom stereocenters. The van der Waals surface area contributed by atoms with Gasteiger partial charge in [-0.1, -0.05) is 0 Å². The molecular formula is C20H17F3N2O. The zero-order valence-corrected chi connectivity index (χ0v) is 13.9. The van der Waals surface area contributed by atoms with E-state index in [1.165, 1.54) is 18.2 Å².